The molecule has 0 amide bonds. The van der Waals surface area contributed by atoms with Gasteiger partial charge in [-0.25, -0.2) is 0 Å². The van der Waals surface area contributed by atoms with Gasteiger partial charge in [0, 0.05) is 12.3 Å². The zero-order chi connectivity index (χ0) is 12.1. The minimum atomic E-state index is -0.770. The summed E-state index contributed by atoms with van der Waals surface area (Å²) in [4.78, 5) is 0. The van der Waals surface area contributed by atoms with Crippen LogP contribution in [0.2, 0.25) is 12.1 Å². The van der Waals surface area contributed by atoms with Crippen molar-refractivity contribution in [2.24, 2.45) is 0 Å². The lowest BCUT2D eigenvalue weighted by molar-refractivity contribution is 0.0618. The zero-order valence-electron chi connectivity index (χ0n) is 11.1. The topological polar surface area (TPSA) is 9.23 Å². The SMILES string of the molecule is CC(Cc1ccccc1)[SiH](C)C1CCCCO1. The van der Waals surface area contributed by atoms with E-state index in [1.807, 2.05) is 0 Å². The summed E-state index contributed by atoms with van der Waals surface area (Å²) in [6.07, 6.45) is 5.19. The quantitative estimate of drug-likeness (QED) is 0.740. The van der Waals surface area contributed by atoms with Crippen molar-refractivity contribution in [2.75, 3.05) is 6.61 Å². The summed E-state index contributed by atoms with van der Waals surface area (Å²) in [5.74, 6) is 0. The van der Waals surface area contributed by atoms with Crippen LogP contribution in [0.3, 0.4) is 0 Å². The molecule has 0 N–H and O–H groups in total. The van der Waals surface area contributed by atoms with Crippen molar-refractivity contribution in [3.05, 3.63) is 35.9 Å². The molecule has 0 bridgehead atoms. The van der Waals surface area contributed by atoms with Crippen LogP contribution in [0, 0.1) is 0 Å². The van der Waals surface area contributed by atoms with Crippen LogP contribution in [-0.2, 0) is 11.2 Å². The molecule has 1 aromatic carbocycles. The van der Waals surface area contributed by atoms with Crippen molar-refractivity contribution in [3.63, 3.8) is 0 Å². The fourth-order valence-corrected chi connectivity index (χ4v) is 5.30. The summed E-state index contributed by atoms with van der Waals surface area (Å²) >= 11 is 0. The normalized spacial score (nSPS) is 24.2. The van der Waals surface area contributed by atoms with Gasteiger partial charge in [0.05, 0.1) is 8.80 Å². The minimum absolute atomic E-state index is 0.627. The largest absolute Gasteiger partial charge is 0.382 e. The lowest BCUT2D eigenvalue weighted by Crippen LogP contribution is -2.37. The van der Waals surface area contributed by atoms with Gasteiger partial charge in [0.25, 0.3) is 0 Å². The first-order valence-corrected chi connectivity index (χ1v) is 9.41. The van der Waals surface area contributed by atoms with E-state index in [9.17, 15) is 0 Å². The van der Waals surface area contributed by atoms with Gasteiger partial charge in [0.15, 0.2) is 0 Å². The highest BCUT2D eigenvalue weighted by molar-refractivity contribution is 6.60. The van der Waals surface area contributed by atoms with Crippen molar-refractivity contribution < 1.29 is 4.74 Å². The van der Waals surface area contributed by atoms with Gasteiger partial charge in [0.1, 0.15) is 0 Å². The molecule has 94 valence electrons. The highest BCUT2D eigenvalue weighted by Gasteiger charge is 2.26. The maximum absolute atomic E-state index is 5.96. The fraction of sp³-hybridized carbons (Fsp3) is 0.600. The van der Waals surface area contributed by atoms with E-state index < -0.39 is 8.80 Å². The van der Waals surface area contributed by atoms with Crippen LogP contribution in [0.15, 0.2) is 30.3 Å². The summed E-state index contributed by atoms with van der Waals surface area (Å²) in [6.45, 7) is 5.91. The Morgan fingerprint density at radius 3 is 2.71 bits per heavy atom. The highest BCUT2D eigenvalue weighted by Crippen LogP contribution is 2.25. The maximum atomic E-state index is 5.96. The molecule has 1 aliphatic heterocycles. The van der Waals surface area contributed by atoms with Gasteiger partial charge in [-0.3, -0.25) is 0 Å². The molecule has 1 aliphatic rings. The lowest BCUT2D eigenvalue weighted by Gasteiger charge is -2.31. The van der Waals surface area contributed by atoms with E-state index in [-0.39, 0.29) is 0 Å². The van der Waals surface area contributed by atoms with Crippen LogP contribution in [-0.4, -0.2) is 21.1 Å². The number of rotatable bonds is 4. The van der Waals surface area contributed by atoms with E-state index in [2.05, 4.69) is 43.8 Å². The third kappa shape index (κ3) is 3.68. The van der Waals surface area contributed by atoms with Crippen molar-refractivity contribution in [2.45, 2.75) is 50.4 Å². The monoisotopic (exact) mass is 248 g/mol. The van der Waals surface area contributed by atoms with Gasteiger partial charge >= 0.3 is 0 Å². The molecule has 3 unspecified atom stereocenters. The number of benzene rings is 1. The number of hydrogen-bond donors (Lipinski definition) is 0. The van der Waals surface area contributed by atoms with Gasteiger partial charge in [-0.1, -0.05) is 43.8 Å². The number of hydrogen-bond acceptors (Lipinski definition) is 1. The molecule has 0 aliphatic carbocycles. The van der Waals surface area contributed by atoms with Crippen LogP contribution in [0.25, 0.3) is 0 Å². The summed E-state index contributed by atoms with van der Waals surface area (Å²) in [6, 6.07) is 10.9. The minimum Gasteiger partial charge on any atom is -0.382 e. The smallest absolute Gasteiger partial charge is 0.0717 e. The molecule has 0 spiro atoms. The molecular weight excluding hydrogens is 224 g/mol. The molecule has 2 rings (SSSR count). The molecule has 1 aromatic rings. The van der Waals surface area contributed by atoms with E-state index in [1.165, 1.54) is 31.2 Å². The van der Waals surface area contributed by atoms with E-state index >= 15 is 0 Å². The highest BCUT2D eigenvalue weighted by atomic mass is 28.3. The van der Waals surface area contributed by atoms with Crippen LogP contribution in [0.1, 0.15) is 31.7 Å². The van der Waals surface area contributed by atoms with Crippen molar-refractivity contribution >= 4 is 8.80 Å². The summed E-state index contributed by atoms with van der Waals surface area (Å²) in [5.41, 5.74) is 2.94. The number of ether oxygens (including phenoxy) is 1. The predicted molar refractivity (Wildman–Crippen MR) is 76.2 cm³/mol. The standard InChI is InChI=1S/C15H24OSi/c1-13(12-14-8-4-3-5-9-14)17(2)15-10-6-7-11-16-15/h3-5,8-9,13,15,17H,6-7,10-12H2,1-2H3. The van der Waals surface area contributed by atoms with Crippen molar-refractivity contribution in [1.29, 1.82) is 0 Å². The first-order chi connectivity index (χ1) is 8.27. The Balaban J connectivity index is 1.88. The third-order valence-electron chi connectivity index (χ3n) is 4.10. The Morgan fingerprint density at radius 2 is 2.06 bits per heavy atom. The molecular formula is C15H24OSi. The Labute approximate surface area is 107 Å². The van der Waals surface area contributed by atoms with Crippen molar-refractivity contribution in [3.8, 4) is 0 Å². The second-order valence-corrected chi connectivity index (χ2v) is 9.03. The summed E-state index contributed by atoms with van der Waals surface area (Å²) < 4.78 is 5.96. The van der Waals surface area contributed by atoms with Gasteiger partial charge in [-0.05, 0) is 36.8 Å². The molecule has 3 atom stereocenters. The maximum Gasteiger partial charge on any atom is 0.0717 e. The molecule has 1 saturated heterocycles. The van der Waals surface area contributed by atoms with Gasteiger partial charge in [-0.15, -0.1) is 0 Å². The van der Waals surface area contributed by atoms with Crippen LogP contribution in [0.4, 0.5) is 0 Å². The second-order valence-electron chi connectivity index (χ2n) is 5.43. The van der Waals surface area contributed by atoms with Gasteiger partial charge < -0.3 is 4.74 Å². The summed E-state index contributed by atoms with van der Waals surface area (Å²) in [5, 5.41) is 0. The Bertz CT molecular complexity index is 319. The first-order valence-electron chi connectivity index (χ1n) is 6.93. The molecule has 0 saturated carbocycles. The lowest BCUT2D eigenvalue weighted by atomic mass is 10.1. The Hall–Kier alpha value is -0.603. The molecule has 1 heterocycles. The summed E-state index contributed by atoms with van der Waals surface area (Å²) in [7, 11) is -0.770. The average molecular weight is 248 g/mol. The van der Waals surface area contributed by atoms with E-state index in [0.29, 0.717) is 5.73 Å². The van der Waals surface area contributed by atoms with E-state index in [4.69, 9.17) is 4.74 Å². The van der Waals surface area contributed by atoms with Crippen LogP contribution in [0.5, 0.6) is 0 Å². The average Bonchev–Trinajstić information content (AvgIpc) is 2.40. The van der Waals surface area contributed by atoms with E-state index in [0.717, 1.165) is 12.1 Å². The molecule has 1 fully saturated rings. The van der Waals surface area contributed by atoms with Gasteiger partial charge in [0.2, 0.25) is 0 Å². The van der Waals surface area contributed by atoms with Crippen molar-refractivity contribution in [1.82, 2.24) is 0 Å². The predicted octanol–water partition coefficient (Wildman–Crippen LogP) is 3.58. The Morgan fingerprint density at radius 1 is 1.29 bits per heavy atom. The first kappa shape index (κ1) is 12.8. The molecule has 1 nitrogen and oxygen atoms in total. The van der Waals surface area contributed by atoms with E-state index in [1.54, 1.807) is 0 Å². The molecule has 0 aromatic heterocycles. The van der Waals surface area contributed by atoms with Crippen LogP contribution < -0.4 is 0 Å². The Kier molecular flexibility index (Phi) is 4.81. The third-order valence-corrected chi connectivity index (χ3v) is 7.83. The molecule has 2 heteroatoms. The van der Waals surface area contributed by atoms with Gasteiger partial charge in [-0.2, -0.15) is 0 Å². The fourth-order valence-electron chi connectivity index (χ4n) is 2.72. The zero-order valence-corrected chi connectivity index (χ0v) is 12.2. The van der Waals surface area contributed by atoms with Crippen LogP contribution >= 0.6 is 0 Å². The second kappa shape index (κ2) is 6.36. The molecule has 0 radical (unpaired) electrons. The molecule has 17 heavy (non-hydrogen) atoms.